The molecule has 2 aromatic carbocycles. The van der Waals surface area contributed by atoms with Gasteiger partial charge in [0.1, 0.15) is 11.8 Å². The van der Waals surface area contributed by atoms with E-state index in [2.05, 4.69) is 6.07 Å². The second kappa shape index (κ2) is 8.43. The first-order valence-corrected chi connectivity index (χ1v) is 11.6. The van der Waals surface area contributed by atoms with Gasteiger partial charge in [0.05, 0.1) is 30.4 Å². The molecule has 0 spiro atoms. The monoisotopic (exact) mass is 474 g/mol. The van der Waals surface area contributed by atoms with Crippen LogP contribution in [0.5, 0.6) is 11.5 Å². The summed E-state index contributed by atoms with van der Waals surface area (Å²) in [6.45, 7) is 0.576. The number of hydrogen-bond acceptors (Lipinski definition) is 5. The van der Waals surface area contributed by atoms with Crippen molar-refractivity contribution < 1.29 is 14.3 Å². The summed E-state index contributed by atoms with van der Waals surface area (Å²) in [5.41, 5.74) is 5.04. The van der Waals surface area contributed by atoms with E-state index in [4.69, 9.17) is 21.1 Å². The zero-order valence-corrected chi connectivity index (χ0v) is 19.6. The number of hydrogen-bond donors (Lipinski definition) is 0. The quantitative estimate of drug-likeness (QED) is 0.322. The Morgan fingerprint density at radius 3 is 2.48 bits per heavy atom. The molecular weight excluding hydrogens is 456 g/mol. The third kappa shape index (κ3) is 3.41. The Hall–Kier alpha value is -3.53. The largest absolute Gasteiger partial charge is 0.493 e. The van der Waals surface area contributed by atoms with Crippen molar-refractivity contribution in [2.24, 2.45) is 0 Å². The summed E-state index contributed by atoms with van der Waals surface area (Å²) in [5.74, 6) is 1.12. The van der Waals surface area contributed by atoms with Crippen LogP contribution in [0.15, 0.2) is 53.9 Å². The predicted octanol–water partition coefficient (Wildman–Crippen LogP) is 6.21. The molecule has 0 saturated heterocycles. The third-order valence-electron chi connectivity index (χ3n) is 5.94. The van der Waals surface area contributed by atoms with Crippen molar-refractivity contribution in [2.75, 3.05) is 14.2 Å². The maximum absolute atomic E-state index is 13.7. The number of carbonyl (C=O) groups excluding carboxylic acids is 1. The molecule has 0 unspecified atom stereocenters. The number of aryl methyl sites for hydroxylation is 1. The Balaban J connectivity index is 1.85. The van der Waals surface area contributed by atoms with E-state index in [9.17, 15) is 10.1 Å². The number of carbonyl (C=O) groups is 1. The lowest BCUT2D eigenvalue weighted by Crippen LogP contribution is -2.17. The van der Waals surface area contributed by atoms with E-state index in [1.54, 1.807) is 26.4 Å². The molecule has 1 aliphatic heterocycles. The lowest BCUT2D eigenvalue weighted by atomic mass is 9.93. The van der Waals surface area contributed by atoms with E-state index < -0.39 is 0 Å². The van der Waals surface area contributed by atoms with Crippen molar-refractivity contribution in [1.82, 2.24) is 4.57 Å². The topological polar surface area (TPSA) is 64.2 Å². The molecule has 0 radical (unpaired) electrons. The Labute approximate surface area is 200 Å². The fraction of sp³-hybridized carbons (Fsp3) is 0.154. The summed E-state index contributed by atoms with van der Waals surface area (Å²) in [6.07, 6.45) is 0.701. The Kier molecular flexibility index (Phi) is 5.45. The lowest BCUT2D eigenvalue weighted by Gasteiger charge is -2.23. The van der Waals surface area contributed by atoms with Gasteiger partial charge in [0.2, 0.25) is 5.78 Å². The molecule has 4 aromatic rings. The normalized spacial score (nSPS) is 11.9. The standard InChI is InChI=1S/C26H19ClN2O3S/c1-31-20-12-16-9-10-29-24(18(16)13-21(20)32-2)19(14-28)23(15-5-7-17(27)8-6-15)25(29)26(30)22-4-3-11-33-22/h3-8,11-13H,9-10H2,1-2H3. The second-order valence-corrected chi connectivity index (χ2v) is 9.02. The van der Waals surface area contributed by atoms with E-state index in [1.807, 2.05) is 46.3 Å². The van der Waals surface area contributed by atoms with Crippen molar-refractivity contribution in [3.63, 3.8) is 0 Å². The van der Waals surface area contributed by atoms with Gasteiger partial charge in [0, 0.05) is 22.7 Å². The molecule has 5 nitrogen and oxygen atoms in total. The number of ether oxygens (including phenoxy) is 2. The highest BCUT2D eigenvalue weighted by atomic mass is 35.5. The van der Waals surface area contributed by atoms with Crippen LogP contribution < -0.4 is 9.47 Å². The molecule has 0 aliphatic carbocycles. The highest BCUT2D eigenvalue weighted by Gasteiger charge is 2.33. The first kappa shape index (κ1) is 21.3. The van der Waals surface area contributed by atoms with Crippen LogP contribution in [0.3, 0.4) is 0 Å². The van der Waals surface area contributed by atoms with Crippen molar-refractivity contribution in [1.29, 1.82) is 5.26 Å². The lowest BCUT2D eigenvalue weighted by molar-refractivity contribution is 0.103. The molecule has 0 atom stereocenters. The fourth-order valence-electron chi connectivity index (χ4n) is 4.47. The number of nitriles is 1. The summed E-state index contributed by atoms with van der Waals surface area (Å²) in [5, 5.41) is 12.8. The van der Waals surface area contributed by atoms with Gasteiger partial charge in [-0.15, -0.1) is 11.3 Å². The molecule has 0 saturated carbocycles. The maximum Gasteiger partial charge on any atom is 0.219 e. The van der Waals surface area contributed by atoms with Crippen LogP contribution in [0.25, 0.3) is 22.4 Å². The summed E-state index contributed by atoms with van der Waals surface area (Å²) < 4.78 is 13.0. The molecule has 3 heterocycles. The molecule has 0 bridgehead atoms. The molecule has 0 fully saturated rings. The minimum absolute atomic E-state index is 0.0957. The van der Waals surface area contributed by atoms with Crippen LogP contribution in [0.1, 0.15) is 26.5 Å². The van der Waals surface area contributed by atoms with Crippen molar-refractivity contribution in [3.05, 3.63) is 80.6 Å². The number of aromatic nitrogens is 1. The van der Waals surface area contributed by atoms with Crippen molar-refractivity contribution in [3.8, 4) is 40.0 Å². The second-order valence-electron chi connectivity index (χ2n) is 7.64. The van der Waals surface area contributed by atoms with Crippen LogP contribution in [0.4, 0.5) is 0 Å². The number of fused-ring (bicyclic) bond motifs is 3. The van der Waals surface area contributed by atoms with Crippen LogP contribution in [-0.2, 0) is 13.0 Å². The molecule has 2 aromatic heterocycles. The first-order valence-electron chi connectivity index (χ1n) is 10.3. The smallest absolute Gasteiger partial charge is 0.219 e. The van der Waals surface area contributed by atoms with Gasteiger partial charge >= 0.3 is 0 Å². The van der Waals surface area contributed by atoms with Gasteiger partial charge in [-0.1, -0.05) is 29.8 Å². The minimum atomic E-state index is -0.0957. The number of benzene rings is 2. The van der Waals surface area contributed by atoms with Gasteiger partial charge in [0.15, 0.2) is 11.5 Å². The van der Waals surface area contributed by atoms with Gasteiger partial charge in [-0.2, -0.15) is 5.26 Å². The summed E-state index contributed by atoms with van der Waals surface area (Å²) in [7, 11) is 3.19. The Morgan fingerprint density at radius 2 is 1.85 bits per heavy atom. The maximum atomic E-state index is 13.7. The molecule has 7 heteroatoms. The van der Waals surface area contributed by atoms with Gasteiger partial charge in [-0.05, 0) is 53.3 Å². The highest BCUT2D eigenvalue weighted by molar-refractivity contribution is 7.12. The first-order chi connectivity index (χ1) is 16.1. The Bertz CT molecular complexity index is 1410. The van der Waals surface area contributed by atoms with Crippen molar-refractivity contribution >= 4 is 28.7 Å². The minimum Gasteiger partial charge on any atom is -0.493 e. The zero-order valence-electron chi connectivity index (χ0n) is 18.0. The van der Waals surface area contributed by atoms with Gasteiger partial charge < -0.3 is 14.0 Å². The molecule has 0 N–H and O–H groups in total. The van der Waals surface area contributed by atoms with Gasteiger partial charge in [-0.25, -0.2) is 0 Å². The SMILES string of the molecule is COc1cc2c(cc1OC)-c1c(C#N)c(-c3ccc(Cl)cc3)c(C(=O)c3cccs3)n1CC2. The molecule has 5 rings (SSSR count). The average Bonchev–Trinajstić information content (AvgIpc) is 3.49. The predicted molar refractivity (Wildman–Crippen MR) is 130 cm³/mol. The average molecular weight is 475 g/mol. The zero-order chi connectivity index (χ0) is 23.1. The van der Waals surface area contributed by atoms with Crippen LogP contribution in [0.2, 0.25) is 5.02 Å². The van der Waals surface area contributed by atoms with Crippen molar-refractivity contribution in [2.45, 2.75) is 13.0 Å². The molecular formula is C26H19ClN2O3S. The van der Waals surface area contributed by atoms with Crippen LogP contribution >= 0.6 is 22.9 Å². The Morgan fingerprint density at radius 1 is 1.12 bits per heavy atom. The van der Waals surface area contributed by atoms with Crippen LogP contribution in [-0.4, -0.2) is 24.6 Å². The highest BCUT2D eigenvalue weighted by Crippen LogP contribution is 2.45. The van der Waals surface area contributed by atoms with Gasteiger partial charge in [0.25, 0.3) is 0 Å². The number of nitrogens with zero attached hydrogens (tertiary/aromatic N) is 2. The summed E-state index contributed by atoms with van der Waals surface area (Å²) in [4.78, 5) is 14.3. The summed E-state index contributed by atoms with van der Waals surface area (Å²) >= 11 is 7.52. The number of methoxy groups -OCH3 is 2. The molecule has 33 heavy (non-hydrogen) atoms. The molecule has 164 valence electrons. The molecule has 1 aliphatic rings. The van der Waals surface area contributed by atoms with E-state index in [0.717, 1.165) is 22.4 Å². The van der Waals surface area contributed by atoms with Gasteiger partial charge in [-0.3, -0.25) is 4.79 Å². The number of thiophene rings is 1. The number of ketones is 1. The number of halogens is 1. The van der Waals surface area contributed by atoms with Crippen LogP contribution in [0, 0.1) is 11.3 Å². The van der Waals surface area contributed by atoms with E-state index in [1.165, 1.54) is 11.3 Å². The van der Waals surface area contributed by atoms with E-state index in [-0.39, 0.29) is 5.78 Å². The summed E-state index contributed by atoms with van der Waals surface area (Å²) in [6, 6.07) is 17.2. The number of rotatable bonds is 5. The van der Waals surface area contributed by atoms with E-state index in [0.29, 0.717) is 51.2 Å². The fourth-order valence-corrected chi connectivity index (χ4v) is 5.26. The third-order valence-corrected chi connectivity index (χ3v) is 7.06. The van der Waals surface area contributed by atoms with E-state index >= 15 is 0 Å². The molecule has 0 amide bonds.